The van der Waals surface area contributed by atoms with E-state index < -0.39 is 0 Å². The molecule has 0 bridgehead atoms. The lowest BCUT2D eigenvalue weighted by molar-refractivity contribution is 0.387. The van der Waals surface area contributed by atoms with Crippen LogP contribution in [-0.4, -0.2) is 0 Å². The highest BCUT2D eigenvalue weighted by Gasteiger charge is 2.46. The van der Waals surface area contributed by atoms with E-state index in [-0.39, 0.29) is 5.41 Å². The quantitative estimate of drug-likeness (QED) is 0.351. The summed E-state index contributed by atoms with van der Waals surface area (Å²) >= 11 is 7.60. The van der Waals surface area contributed by atoms with Crippen LogP contribution in [0.5, 0.6) is 0 Å². The zero-order valence-corrected chi connectivity index (χ0v) is 18.9. The molecule has 2 aromatic rings. The van der Waals surface area contributed by atoms with Crippen molar-refractivity contribution >= 4 is 31.9 Å². The fraction of sp³-hybridized carbons (Fsp3) is 0.500. The minimum Gasteiger partial charge on any atom is -0.0654 e. The Morgan fingerprint density at radius 2 is 1.69 bits per heavy atom. The number of unbranched alkanes of at least 4 members (excludes halogenated alkanes) is 5. The van der Waals surface area contributed by atoms with Crippen LogP contribution in [0.15, 0.2) is 39.3 Å². The van der Waals surface area contributed by atoms with E-state index in [1.807, 2.05) is 0 Å². The van der Waals surface area contributed by atoms with Gasteiger partial charge in [0, 0.05) is 14.4 Å². The third kappa shape index (κ3) is 3.11. The summed E-state index contributed by atoms with van der Waals surface area (Å²) in [6.45, 7) is 2.30. The first-order valence-corrected chi connectivity index (χ1v) is 11.9. The van der Waals surface area contributed by atoms with E-state index in [1.165, 1.54) is 84.3 Å². The maximum atomic E-state index is 3.86. The zero-order chi connectivity index (χ0) is 18.1. The Hall–Kier alpha value is -0.600. The molecule has 0 amide bonds. The highest BCUT2D eigenvalue weighted by Crippen LogP contribution is 2.58. The number of fused-ring (bicyclic) bond motifs is 3. The lowest BCUT2D eigenvalue weighted by Crippen LogP contribution is -2.30. The third-order valence-corrected chi connectivity index (χ3v) is 7.75. The van der Waals surface area contributed by atoms with Gasteiger partial charge in [-0.2, -0.15) is 0 Å². The molecule has 138 valence electrons. The van der Waals surface area contributed by atoms with Crippen LogP contribution < -0.4 is 0 Å². The van der Waals surface area contributed by atoms with E-state index in [9.17, 15) is 0 Å². The van der Waals surface area contributed by atoms with Gasteiger partial charge in [0.15, 0.2) is 0 Å². The Kier molecular flexibility index (Phi) is 5.62. The van der Waals surface area contributed by atoms with Crippen LogP contribution in [0.4, 0.5) is 0 Å². The van der Waals surface area contributed by atoms with Crippen molar-refractivity contribution in [3.05, 3.63) is 56.0 Å². The van der Waals surface area contributed by atoms with E-state index in [2.05, 4.69) is 69.1 Å². The first-order valence-electron chi connectivity index (χ1n) is 10.3. The zero-order valence-electron chi connectivity index (χ0n) is 15.7. The minimum absolute atomic E-state index is 0.247. The molecule has 0 spiro atoms. The lowest BCUT2D eigenvalue weighted by atomic mass is 9.66. The molecular formula is C24H28Br2. The summed E-state index contributed by atoms with van der Waals surface area (Å²) < 4.78 is 2.53. The van der Waals surface area contributed by atoms with Gasteiger partial charge in [-0.1, -0.05) is 89.4 Å². The van der Waals surface area contributed by atoms with Gasteiger partial charge >= 0.3 is 0 Å². The summed E-state index contributed by atoms with van der Waals surface area (Å²) in [5.74, 6) is 0. The number of halogens is 2. The van der Waals surface area contributed by atoms with Crippen LogP contribution in [0.25, 0.3) is 11.1 Å². The van der Waals surface area contributed by atoms with Crippen LogP contribution in [0.1, 0.15) is 81.4 Å². The van der Waals surface area contributed by atoms with Crippen LogP contribution in [0.3, 0.4) is 0 Å². The Morgan fingerprint density at radius 3 is 2.54 bits per heavy atom. The van der Waals surface area contributed by atoms with E-state index in [0.29, 0.717) is 0 Å². The molecule has 0 fully saturated rings. The molecule has 0 aromatic heterocycles. The van der Waals surface area contributed by atoms with E-state index >= 15 is 0 Å². The summed E-state index contributed by atoms with van der Waals surface area (Å²) in [4.78, 5) is 0. The predicted octanol–water partition coefficient (Wildman–Crippen LogP) is 8.57. The largest absolute Gasteiger partial charge is 0.0654 e. The average Bonchev–Trinajstić information content (AvgIpc) is 2.92. The smallest absolute Gasteiger partial charge is 0.0218 e. The van der Waals surface area contributed by atoms with Gasteiger partial charge in [0.25, 0.3) is 0 Å². The maximum Gasteiger partial charge on any atom is 0.0218 e. The first kappa shape index (κ1) is 18.7. The molecule has 26 heavy (non-hydrogen) atoms. The van der Waals surface area contributed by atoms with Crippen molar-refractivity contribution < 1.29 is 0 Å². The SMILES string of the molecule is CCCCCCCCC12CCCc3c(Br)ccc(c31)-c1ccc(Br)cc12. The summed E-state index contributed by atoms with van der Waals surface area (Å²) in [7, 11) is 0. The van der Waals surface area contributed by atoms with Crippen molar-refractivity contribution in [3.63, 3.8) is 0 Å². The number of rotatable bonds is 7. The van der Waals surface area contributed by atoms with Gasteiger partial charge in [-0.15, -0.1) is 0 Å². The topological polar surface area (TPSA) is 0 Å². The molecule has 0 saturated carbocycles. The molecule has 0 N–H and O–H groups in total. The van der Waals surface area contributed by atoms with E-state index in [4.69, 9.17) is 0 Å². The molecule has 2 aromatic carbocycles. The molecular weight excluding hydrogens is 448 g/mol. The average molecular weight is 476 g/mol. The van der Waals surface area contributed by atoms with Crippen molar-refractivity contribution in [1.82, 2.24) is 0 Å². The molecule has 0 saturated heterocycles. The van der Waals surface area contributed by atoms with Crippen molar-refractivity contribution in [2.24, 2.45) is 0 Å². The molecule has 4 rings (SSSR count). The van der Waals surface area contributed by atoms with E-state index in [0.717, 1.165) is 0 Å². The Balaban J connectivity index is 1.71. The summed E-state index contributed by atoms with van der Waals surface area (Å²) in [5.41, 5.74) is 8.03. The van der Waals surface area contributed by atoms with Crippen molar-refractivity contribution in [2.75, 3.05) is 0 Å². The molecule has 0 aliphatic heterocycles. The second-order valence-corrected chi connectivity index (χ2v) is 9.86. The van der Waals surface area contributed by atoms with Gasteiger partial charge in [-0.05, 0) is 71.7 Å². The predicted molar refractivity (Wildman–Crippen MR) is 119 cm³/mol. The summed E-state index contributed by atoms with van der Waals surface area (Å²) in [5, 5.41) is 0. The molecule has 1 unspecified atom stereocenters. The number of benzene rings is 2. The second-order valence-electron chi connectivity index (χ2n) is 8.09. The fourth-order valence-corrected chi connectivity index (χ4v) is 6.23. The Labute approximate surface area is 175 Å². The standard InChI is InChI=1S/C24H28Br2/c1-2-3-4-5-6-7-14-24-15-8-9-20-22(26)13-12-19(23(20)24)18-11-10-17(25)16-21(18)24/h10-13,16H,2-9,14-15H2,1H3. The van der Waals surface area contributed by atoms with Gasteiger partial charge in [0.2, 0.25) is 0 Å². The molecule has 2 aliphatic rings. The van der Waals surface area contributed by atoms with E-state index in [1.54, 1.807) is 16.7 Å². The van der Waals surface area contributed by atoms with Gasteiger partial charge in [-0.25, -0.2) is 0 Å². The van der Waals surface area contributed by atoms with Crippen molar-refractivity contribution in [2.45, 2.75) is 76.5 Å². The van der Waals surface area contributed by atoms with Crippen LogP contribution in [0, 0.1) is 0 Å². The molecule has 0 nitrogen and oxygen atoms in total. The molecule has 0 heterocycles. The van der Waals surface area contributed by atoms with Gasteiger partial charge < -0.3 is 0 Å². The van der Waals surface area contributed by atoms with Crippen LogP contribution in [0.2, 0.25) is 0 Å². The molecule has 2 aliphatic carbocycles. The summed E-state index contributed by atoms with van der Waals surface area (Å²) in [6.07, 6.45) is 13.4. The van der Waals surface area contributed by atoms with Gasteiger partial charge in [0.1, 0.15) is 0 Å². The van der Waals surface area contributed by atoms with Crippen LogP contribution in [-0.2, 0) is 11.8 Å². The van der Waals surface area contributed by atoms with Gasteiger partial charge in [-0.3, -0.25) is 0 Å². The highest BCUT2D eigenvalue weighted by molar-refractivity contribution is 9.10. The van der Waals surface area contributed by atoms with Crippen molar-refractivity contribution in [3.8, 4) is 11.1 Å². The first-order chi connectivity index (χ1) is 12.7. The molecule has 0 radical (unpaired) electrons. The molecule has 1 atom stereocenters. The second kappa shape index (κ2) is 7.80. The lowest BCUT2D eigenvalue weighted by Gasteiger charge is -2.38. The minimum atomic E-state index is 0.247. The Bertz CT molecular complexity index is 808. The number of hydrogen-bond acceptors (Lipinski definition) is 0. The molecule has 2 heteroatoms. The van der Waals surface area contributed by atoms with Gasteiger partial charge in [0.05, 0.1) is 0 Å². The van der Waals surface area contributed by atoms with Crippen LogP contribution >= 0.6 is 31.9 Å². The highest BCUT2D eigenvalue weighted by atomic mass is 79.9. The normalized spacial score (nSPS) is 20.1. The Morgan fingerprint density at radius 1 is 0.923 bits per heavy atom. The fourth-order valence-electron chi connectivity index (χ4n) is 5.34. The summed E-state index contributed by atoms with van der Waals surface area (Å²) in [6, 6.07) is 11.6. The number of hydrogen-bond donors (Lipinski definition) is 0. The monoisotopic (exact) mass is 474 g/mol. The maximum absolute atomic E-state index is 3.86. The van der Waals surface area contributed by atoms with Crippen molar-refractivity contribution in [1.29, 1.82) is 0 Å². The third-order valence-electron chi connectivity index (χ3n) is 6.51.